The van der Waals surface area contributed by atoms with Crippen LogP contribution in [0, 0.1) is 0 Å². The first-order valence-electron chi connectivity index (χ1n) is 6.61. The number of nitrogens with zero attached hydrogens (tertiary/aromatic N) is 1. The van der Waals surface area contributed by atoms with Crippen molar-refractivity contribution >= 4 is 33.8 Å². The predicted molar refractivity (Wildman–Crippen MR) is 85.1 cm³/mol. The number of nitrogens with two attached hydrogens (primary N) is 1. The molecular formula is C13H22N4O3S. The van der Waals surface area contributed by atoms with Gasteiger partial charge in [-0.25, -0.2) is 0 Å². The lowest BCUT2D eigenvalue weighted by atomic mass is 10.2. The fourth-order valence-electron chi connectivity index (χ4n) is 1.66. The van der Waals surface area contributed by atoms with Crippen LogP contribution in [-0.4, -0.2) is 57.6 Å². The van der Waals surface area contributed by atoms with Gasteiger partial charge in [-0.3, -0.25) is 9.59 Å². The second kappa shape index (κ2) is 7.84. The maximum atomic E-state index is 12.1. The largest absolute Gasteiger partial charge is 0.397 e. The molecule has 0 saturated carbocycles. The third-order valence-electron chi connectivity index (χ3n) is 2.74. The van der Waals surface area contributed by atoms with E-state index in [1.54, 1.807) is 14.1 Å². The van der Waals surface area contributed by atoms with Crippen molar-refractivity contribution < 1.29 is 14.3 Å². The number of ether oxygens (including phenoxy) is 1. The lowest BCUT2D eigenvalue weighted by Crippen LogP contribution is -2.23. The van der Waals surface area contributed by atoms with E-state index in [2.05, 4.69) is 10.6 Å². The van der Waals surface area contributed by atoms with Crippen LogP contribution in [0.1, 0.15) is 27.0 Å². The van der Waals surface area contributed by atoms with Crippen molar-refractivity contribution in [3.8, 4) is 0 Å². The minimum atomic E-state index is -0.319. The second-order valence-electron chi connectivity index (χ2n) is 4.45. The quantitative estimate of drug-likeness (QED) is 0.648. The minimum Gasteiger partial charge on any atom is -0.397 e. The van der Waals surface area contributed by atoms with E-state index in [0.29, 0.717) is 35.2 Å². The zero-order valence-electron chi connectivity index (χ0n) is 12.8. The Morgan fingerprint density at radius 1 is 1.38 bits per heavy atom. The fraction of sp³-hybridized carbons (Fsp3) is 0.538. The van der Waals surface area contributed by atoms with Crippen LogP contribution in [0.2, 0.25) is 0 Å². The van der Waals surface area contributed by atoms with Crippen LogP contribution < -0.4 is 16.4 Å². The molecule has 4 N–H and O–H groups in total. The molecule has 0 atom stereocenters. The summed E-state index contributed by atoms with van der Waals surface area (Å²) >= 11 is 1.18. The Labute approximate surface area is 128 Å². The highest BCUT2D eigenvalue weighted by Crippen LogP contribution is 2.36. The molecule has 0 spiro atoms. The van der Waals surface area contributed by atoms with Crippen molar-refractivity contribution in [2.24, 2.45) is 0 Å². The number of thiophene rings is 1. The van der Waals surface area contributed by atoms with Gasteiger partial charge in [0.2, 0.25) is 0 Å². The van der Waals surface area contributed by atoms with E-state index in [-0.39, 0.29) is 17.5 Å². The van der Waals surface area contributed by atoms with E-state index in [4.69, 9.17) is 10.5 Å². The number of carbonyl (C=O) groups is 2. The molecule has 0 aliphatic carbocycles. The fourth-order valence-corrected chi connectivity index (χ4v) is 2.83. The van der Waals surface area contributed by atoms with Crippen LogP contribution in [-0.2, 0) is 4.74 Å². The average Bonchev–Trinajstić information content (AvgIpc) is 2.78. The smallest absolute Gasteiger partial charge is 0.265 e. The van der Waals surface area contributed by atoms with Crippen molar-refractivity contribution in [2.75, 3.05) is 52.0 Å². The van der Waals surface area contributed by atoms with Gasteiger partial charge in [0.15, 0.2) is 0 Å². The third-order valence-corrected chi connectivity index (χ3v) is 3.89. The molecule has 21 heavy (non-hydrogen) atoms. The van der Waals surface area contributed by atoms with Crippen LogP contribution in [0.5, 0.6) is 0 Å². The second-order valence-corrected chi connectivity index (χ2v) is 5.47. The maximum absolute atomic E-state index is 12.1. The van der Waals surface area contributed by atoms with Gasteiger partial charge in [0, 0.05) is 34.3 Å². The monoisotopic (exact) mass is 314 g/mol. The van der Waals surface area contributed by atoms with Gasteiger partial charge in [-0.05, 0) is 6.92 Å². The Bertz CT molecular complexity index is 514. The Hall–Kier alpha value is -1.80. The summed E-state index contributed by atoms with van der Waals surface area (Å²) in [5.74, 6) is -0.541. The van der Waals surface area contributed by atoms with E-state index >= 15 is 0 Å². The van der Waals surface area contributed by atoms with Gasteiger partial charge in [-0.1, -0.05) is 0 Å². The van der Waals surface area contributed by atoms with E-state index in [1.165, 1.54) is 23.3 Å². The molecule has 2 amide bonds. The molecule has 7 nitrogen and oxygen atoms in total. The molecule has 0 bridgehead atoms. The normalized spacial score (nSPS) is 10.3. The Morgan fingerprint density at radius 2 is 2.05 bits per heavy atom. The first-order valence-corrected chi connectivity index (χ1v) is 7.43. The standard InChI is InChI=1S/C13H22N4O3S/c1-5-20-7-6-16-12-8(11(18)15-2)9(14)10(21-12)13(19)17(3)4/h16H,5-7,14H2,1-4H3,(H,15,18). The van der Waals surface area contributed by atoms with Crippen LogP contribution in [0.25, 0.3) is 0 Å². The summed E-state index contributed by atoms with van der Waals surface area (Å²) in [5.41, 5.74) is 6.50. The van der Waals surface area contributed by atoms with Crippen molar-refractivity contribution in [3.63, 3.8) is 0 Å². The van der Waals surface area contributed by atoms with E-state index in [9.17, 15) is 9.59 Å². The number of carbonyl (C=O) groups excluding carboxylic acids is 2. The van der Waals surface area contributed by atoms with E-state index < -0.39 is 0 Å². The molecule has 8 heteroatoms. The molecule has 0 saturated heterocycles. The summed E-state index contributed by atoms with van der Waals surface area (Å²) in [6.07, 6.45) is 0. The first-order chi connectivity index (χ1) is 9.93. The Balaban J connectivity index is 3.06. The number of nitrogens with one attached hydrogen (secondary N) is 2. The molecule has 0 radical (unpaired) electrons. The molecule has 1 aromatic rings. The van der Waals surface area contributed by atoms with E-state index in [1.807, 2.05) is 6.92 Å². The molecule has 118 valence electrons. The molecule has 0 aliphatic heterocycles. The molecule has 0 aliphatic rings. The highest BCUT2D eigenvalue weighted by atomic mass is 32.1. The highest BCUT2D eigenvalue weighted by molar-refractivity contribution is 7.19. The SMILES string of the molecule is CCOCCNc1sc(C(=O)N(C)C)c(N)c1C(=O)NC. The highest BCUT2D eigenvalue weighted by Gasteiger charge is 2.25. The lowest BCUT2D eigenvalue weighted by molar-refractivity contribution is 0.0833. The third kappa shape index (κ3) is 4.08. The number of nitrogen functional groups attached to an aromatic ring is 1. The van der Waals surface area contributed by atoms with Crippen LogP contribution in [0.15, 0.2) is 0 Å². The van der Waals surface area contributed by atoms with Gasteiger partial charge >= 0.3 is 0 Å². The van der Waals surface area contributed by atoms with Gasteiger partial charge in [0.05, 0.1) is 17.9 Å². The van der Waals surface area contributed by atoms with Crippen molar-refractivity contribution in [1.82, 2.24) is 10.2 Å². The Kier molecular flexibility index (Phi) is 6.44. The van der Waals surface area contributed by atoms with Gasteiger partial charge in [-0.2, -0.15) is 0 Å². The zero-order chi connectivity index (χ0) is 16.0. The Morgan fingerprint density at radius 3 is 2.57 bits per heavy atom. The molecule has 1 rings (SSSR count). The molecule has 0 unspecified atom stereocenters. The number of amides is 2. The summed E-state index contributed by atoms with van der Waals surface area (Å²) < 4.78 is 5.24. The lowest BCUT2D eigenvalue weighted by Gasteiger charge is -2.08. The zero-order valence-corrected chi connectivity index (χ0v) is 13.6. The van der Waals surface area contributed by atoms with Gasteiger partial charge in [0.1, 0.15) is 9.88 Å². The molecular weight excluding hydrogens is 292 g/mol. The van der Waals surface area contributed by atoms with Crippen molar-refractivity contribution in [1.29, 1.82) is 0 Å². The number of rotatable bonds is 7. The molecule has 0 aromatic carbocycles. The summed E-state index contributed by atoms with van der Waals surface area (Å²) in [4.78, 5) is 25.8. The van der Waals surface area contributed by atoms with Crippen LogP contribution in [0.4, 0.5) is 10.7 Å². The predicted octanol–water partition coefficient (Wildman–Crippen LogP) is 0.840. The number of hydrogen-bond acceptors (Lipinski definition) is 6. The van der Waals surface area contributed by atoms with Gasteiger partial charge < -0.3 is 26.0 Å². The first kappa shape index (κ1) is 17.3. The van der Waals surface area contributed by atoms with Gasteiger partial charge in [0.25, 0.3) is 11.8 Å². The van der Waals surface area contributed by atoms with E-state index in [0.717, 1.165) is 0 Å². The molecule has 0 fully saturated rings. The summed E-state index contributed by atoms with van der Waals surface area (Å²) in [5, 5.41) is 6.22. The summed E-state index contributed by atoms with van der Waals surface area (Å²) in [6, 6.07) is 0. The number of anilines is 2. The van der Waals surface area contributed by atoms with Crippen LogP contribution >= 0.6 is 11.3 Å². The maximum Gasteiger partial charge on any atom is 0.265 e. The average molecular weight is 314 g/mol. The minimum absolute atomic E-state index is 0.206. The summed E-state index contributed by atoms with van der Waals surface area (Å²) in [7, 11) is 4.81. The number of hydrogen-bond donors (Lipinski definition) is 3. The molecule has 1 heterocycles. The van der Waals surface area contributed by atoms with Gasteiger partial charge in [-0.15, -0.1) is 11.3 Å². The van der Waals surface area contributed by atoms with Crippen molar-refractivity contribution in [3.05, 3.63) is 10.4 Å². The molecule has 1 aromatic heterocycles. The van der Waals surface area contributed by atoms with Crippen molar-refractivity contribution in [2.45, 2.75) is 6.92 Å². The topological polar surface area (TPSA) is 96.7 Å². The summed E-state index contributed by atoms with van der Waals surface area (Å²) in [6.45, 7) is 3.58. The van der Waals surface area contributed by atoms with Crippen LogP contribution in [0.3, 0.4) is 0 Å².